The zero-order valence-corrected chi connectivity index (χ0v) is 10.3. The zero-order valence-electron chi connectivity index (χ0n) is 10.3. The van der Waals surface area contributed by atoms with Crippen molar-refractivity contribution in [2.75, 3.05) is 14.1 Å². The van der Waals surface area contributed by atoms with Crippen LogP contribution in [0.1, 0.15) is 36.2 Å². The minimum absolute atomic E-state index is 0.0494. The molecule has 0 atom stereocenters. The maximum Gasteiger partial charge on any atom is 0.276 e. The predicted molar refractivity (Wildman–Crippen MR) is 63.7 cm³/mol. The van der Waals surface area contributed by atoms with Gasteiger partial charge in [0.15, 0.2) is 5.69 Å². The molecular weight excluding hydrogens is 218 g/mol. The van der Waals surface area contributed by atoms with Crippen molar-refractivity contribution < 1.29 is 9.32 Å². The summed E-state index contributed by atoms with van der Waals surface area (Å²) >= 11 is 0. The average Bonchev–Trinajstić information content (AvgIpc) is 2.91. The molecule has 1 aliphatic carbocycles. The topological polar surface area (TPSA) is 58.4 Å². The molecule has 1 amide bonds. The number of nitrogens with one attached hydrogen (secondary N) is 1. The fourth-order valence-electron chi connectivity index (χ4n) is 2.42. The van der Waals surface area contributed by atoms with E-state index in [-0.39, 0.29) is 5.91 Å². The van der Waals surface area contributed by atoms with E-state index < -0.39 is 0 Å². The summed E-state index contributed by atoms with van der Waals surface area (Å²) in [7, 11) is 3.84. The number of amides is 1. The molecule has 5 nitrogen and oxygen atoms in total. The van der Waals surface area contributed by atoms with Crippen molar-refractivity contribution in [2.45, 2.75) is 37.8 Å². The van der Waals surface area contributed by atoms with Crippen molar-refractivity contribution in [1.29, 1.82) is 0 Å². The maximum atomic E-state index is 12.0. The van der Waals surface area contributed by atoms with Gasteiger partial charge in [-0.3, -0.25) is 4.79 Å². The third-order valence-corrected chi connectivity index (χ3v) is 3.63. The highest BCUT2D eigenvalue weighted by atomic mass is 16.5. The molecule has 1 heterocycles. The van der Waals surface area contributed by atoms with Crippen LogP contribution in [-0.4, -0.2) is 42.1 Å². The predicted octanol–water partition coefficient (Wildman–Crippen LogP) is 1.28. The molecule has 17 heavy (non-hydrogen) atoms. The standard InChI is InChI=1S/C12H19N3O2/c1-13-9-3-5-10(6-4-9)15(2)12(16)11-7-8-17-14-11/h7-10,13H,3-6H2,1-2H3. The van der Waals surface area contributed by atoms with Crippen LogP contribution < -0.4 is 5.32 Å². The molecule has 0 aromatic carbocycles. The molecule has 0 bridgehead atoms. The van der Waals surface area contributed by atoms with Gasteiger partial charge in [0.1, 0.15) is 6.26 Å². The summed E-state index contributed by atoms with van der Waals surface area (Å²) < 4.78 is 4.70. The molecule has 1 aliphatic rings. The van der Waals surface area contributed by atoms with Gasteiger partial charge in [0.25, 0.3) is 5.91 Å². The molecule has 1 fully saturated rings. The first-order chi connectivity index (χ1) is 8.22. The first kappa shape index (κ1) is 12.1. The largest absolute Gasteiger partial charge is 0.364 e. The second-order valence-electron chi connectivity index (χ2n) is 4.59. The summed E-state index contributed by atoms with van der Waals surface area (Å²) in [6.07, 6.45) is 5.77. The lowest BCUT2D eigenvalue weighted by atomic mass is 9.90. The lowest BCUT2D eigenvalue weighted by molar-refractivity contribution is 0.0675. The van der Waals surface area contributed by atoms with Gasteiger partial charge in [0.2, 0.25) is 0 Å². The van der Waals surface area contributed by atoms with E-state index in [1.54, 1.807) is 11.0 Å². The molecule has 2 rings (SSSR count). The second-order valence-corrected chi connectivity index (χ2v) is 4.59. The summed E-state index contributed by atoms with van der Waals surface area (Å²) in [6.45, 7) is 0. The highest BCUT2D eigenvalue weighted by Crippen LogP contribution is 2.23. The van der Waals surface area contributed by atoms with Crippen LogP contribution in [0, 0.1) is 0 Å². The highest BCUT2D eigenvalue weighted by molar-refractivity contribution is 5.92. The lowest BCUT2D eigenvalue weighted by Gasteiger charge is -2.34. The first-order valence-corrected chi connectivity index (χ1v) is 6.07. The fraction of sp³-hybridized carbons (Fsp3) is 0.667. The Balaban J connectivity index is 1.92. The van der Waals surface area contributed by atoms with E-state index in [0.717, 1.165) is 25.7 Å². The molecule has 0 spiro atoms. The normalized spacial score (nSPS) is 24.6. The summed E-state index contributed by atoms with van der Waals surface area (Å²) in [5.41, 5.74) is 0.392. The van der Waals surface area contributed by atoms with E-state index in [1.165, 1.54) is 6.26 Å². The molecular formula is C12H19N3O2. The van der Waals surface area contributed by atoms with E-state index in [4.69, 9.17) is 4.52 Å². The Morgan fingerprint density at radius 2 is 2.18 bits per heavy atom. The molecule has 5 heteroatoms. The third-order valence-electron chi connectivity index (χ3n) is 3.63. The van der Waals surface area contributed by atoms with Crippen molar-refractivity contribution in [2.24, 2.45) is 0 Å². The number of hydrogen-bond acceptors (Lipinski definition) is 4. The van der Waals surface area contributed by atoms with Gasteiger partial charge in [-0.2, -0.15) is 0 Å². The number of carbonyl (C=O) groups excluding carboxylic acids is 1. The Bertz CT molecular complexity index is 356. The van der Waals surface area contributed by atoms with Crippen molar-refractivity contribution in [3.05, 3.63) is 18.0 Å². The smallest absolute Gasteiger partial charge is 0.276 e. The molecule has 0 aliphatic heterocycles. The van der Waals surface area contributed by atoms with Crippen LogP contribution in [0.3, 0.4) is 0 Å². The summed E-state index contributed by atoms with van der Waals surface area (Å²) in [4.78, 5) is 13.8. The average molecular weight is 237 g/mol. The number of hydrogen-bond donors (Lipinski definition) is 1. The van der Waals surface area contributed by atoms with Crippen LogP contribution in [0.15, 0.2) is 16.9 Å². The molecule has 0 unspecified atom stereocenters. The van der Waals surface area contributed by atoms with Crippen LogP contribution >= 0.6 is 0 Å². The summed E-state index contributed by atoms with van der Waals surface area (Å²) in [5, 5.41) is 6.97. The molecule has 1 saturated carbocycles. The van der Waals surface area contributed by atoms with Gasteiger partial charge in [0.05, 0.1) is 0 Å². The molecule has 0 saturated heterocycles. The zero-order chi connectivity index (χ0) is 12.3. The molecule has 94 valence electrons. The van der Waals surface area contributed by atoms with E-state index in [2.05, 4.69) is 10.5 Å². The van der Waals surface area contributed by atoms with Crippen LogP contribution in [0.2, 0.25) is 0 Å². The van der Waals surface area contributed by atoms with Gasteiger partial charge in [-0.25, -0.2) is 0 Å². The third kappa shape index (κ3) is 2.66. The van der Waals surface area contributed by atoms with Gasteiger partial charge in [-0.05, 0) is 32.7 Å². The minimum atomic E-state index is -0.0494. The first-order valence-electron chi connectivity index (χ1n) is 6.07. The quantitative estimate of drug-likeness (QED) is 0.860. The number of carbonyl (C=O) groups is 1. The Hall–Kier alpha value is -1.36. The Kier molecular flexibility index (Phi) is 3.78. The van der Waals surface area contributed by atoms with Crippen molar-refractivity contribution in [3.63, 3.8) is 0 Å². The van der Waals surface area contributed by atoms with Gasteiger partial charge in [0, 0.05) is 25.2 Å². The van der Waals surface area contributed by atoms with Gasteiger partial charge >= 0.3 is 0 Å². The fourth-order valence-corrected chi connectivity index (χ4v) is 2.42. The Morgan fingerprint density at radius 1 is 1.47 bits per heavy atom. The molecule has 1 aromatic rings. The number of aromatic nitrogens is 1. The molecule has 1 N–H and O–H groups in total. The monoisotopic (exact) mass is 237 g/mol. The van der Waals surface area contributed by atoms with Crippen LogP contribution in [-0.2, 0) is 0 Å². The van der Waals surface area contributed by atoms with E-state index in [1.807, 2.05) is 14.1 Å². The molecule has 1 aromatic heterocycles. The van der Waals surface area contributed by atoms with E-state index in [0.29, 0.717) is 17.8 Å². The van der Waals surface area contributed by atoms with Crippen LogP contribution in [0.5, 0.6) is 0 Å². The Labute approximate surface area is 101 Å². The summed E-state index contributed by atoms with van der Waals surface area (Å²) in [6, 6.07) is 2.53. The van der Waals surface area contributed by atoms with Crippen molar-refractivity contribution in [1.82, 2.24) is 15.4 Å². The van der Waals surface area contributed by atoms with Crippen LogP contribution in [0.4, 0.5) is 0 Å². The summed E-state index contributed by atoms with van der Waals surface area (Å²) in [5.74, 6) is -0.0494. The van der Waals surface area contributed by atoms with Gasteiger partial charge in [-0.1, -0.05) is 5.16 Å². The Morgan fingerprint density at radius 3 is 2.71 bits per heavy atom. The number of nitrogens with zero attached hydrogens (tertiary/aromatic N) is 2. The SMILES string of the molecule is CNC1CCC(N(C)C(=O)c2ccon2)CC1. The van der Waals surface area contributed by atoms with Gasteiger partial charge in [-0.15, -0.1) is 0 Å². The lowest BCUT2D eigenvalue weighted by Crippen LogP contribution is -2.42. The minimum Gasteiger partial charge on any atom is -0.364 e. The van der Waals surface area contributed by atoms with Crippen LogP contribution in [0.25, 0.3) is 0 Å². The number of rotatable bonds is 3. The maximum absolute atomic E-state index is 12.0. The highest BCUT2D eigenvalue weighted by Gasteiger charge is 2.27. The second kappa shape index (κ2) is 5.31. The van der Waals surface area contributed by atoms with E-state index >= 15 is 0 Å². The van der Waals surface area contributed by atoms with Gasteiger partial charge < -0.3 is 14.7 Å². The van der Waals surface area contributed by atoms with Crippen molar-refractivity contribution in [3.8, 4) is 0 Å². The molecule has 0 radical (unpaired) electrons. The van der Waals surface area contributed by atoms with E-state index in [9.17, 15) is 4.79 Å². The van der Waals surface area contributed by atoms with Crippen molar-refractivity contribution >= 4 is 5.91 Å².